The van der Waals surface area contributed by atoms with Gasteiger partial charge in [0.2, 0.25) is 10.0 Å². The molecule has 10 nitrogen and oxygen atoms in total. The quantitative estimate of drug-likeness (QED) is 0.244. The minimum atomic E-state index is -3.76. The molecule has 2 heterocycles. The highest BCUT2D eigenvalue weighted by Gasteiger charge is 2.27. The third-order valence-corrected chi connectivity index (χ3v) is 8.70. The Kier molecular flexibility index (Phi) is 8.89. The van der Waals surface area contributed by atoms with Gasteiger partial charge in [-0.25, -0.2) is 17.9 Å². The number of amides is 2. The highest BCUT2D eigenvalue weighted by Crippen LogP contribution is 2.30. The summed E-state index contributed by atoms with van der Waals surface area (Å²) in [4.78, 5) is 19.2. The summed E-state index contributed by atoms with van der Waals surface area (Å²) in [7, 11) is -3.76. The van der Waals surface area contributed by atoms with E-state index in [4.69, 9.17) is 16.3 Å². The molecule has 0 aliphatic carbocycles. The Hall–Kier alpha value is -4.21. The number of fused-ring (bicyclic) bond motifs is 1. The summed E-state index contributed by atoms with van der Waals surface area (Å²) in [6, 6.07) is 21.8. The van der Waals surface area contributed by atoms with Crippen molar-refractivity contribution in [1.82, 2.24) is 19.9 Å². The van der Waals surface area contributed by atoms with Crippen LogP contribution in [0.1, 0.15) is 17.7 Å². The molecular formula is C30H29ClN6O4S. The first-order valence-corrected chi connectivity index (χ1v) is 15.2. The van der Waals surface area contributed by atoms with Crippen LogP contribution in [-0.2, 0) is 10.0 Å². The van der Waals surface area contributed by atoms with E-state index in [-0.39, 0.29) is 33.3 Å². The number of carbonyl (C=O) groups excluding carboxylic acids is 1. The van der Waals surface area contributed by atoms with Crippen LogP contribution in [-0.4, -0.2) is 56.6 Å². The van der Waals surface area contributed by atoms with Crippen molar-refractivity contribution in [2.45, 2.75) is 24.3 Å². The number of anilines is 1. The van der Waals surface area contributed by atoms with E-state index in [1.54, 1.807) is 18.2 Å². The third-order valence-electron chi connectivity index (χ3n) is 6.85. The molecule has 5 rings (SSSR count). The number of nitrogens with zero attached hydrogens (tertiary/aromatic N) is 3. The fourth-order valence-corrected chi connectivity index (χ4v) is 6.31. The second-order valence-electron chi connectivity index (χ2n) is 9.91. The minimum Gasteiger partial charge on any atom is -0.456 e. The number of benzene rings is 3. The molecule has 0 spiro atoms. The highest BCUT2D eigenvalue weighted by molar-refractivity contribution is 7.89. The van der Waals surface area contributed by atoms with Crippen LogP contribution < -0.4 is 20.1 Å². The molecule has 1 aromatic heterocycles. The van der Waals surface area contributed by atoms with Gasteiger partial charge in [-0.2, -0.15) is 5.26 Å². The Balaban J connectivity index is 1.10. The Morgan fingerprint density at radius 1 is 1.14 bits per heavy atom. The number of nitriles is 1. The fourth-order valence-electron chi connectivity index (χ4n) is 4.84. The lowest BCUT2D eigenvalue weighted by Gasteiger charge is -2.17. The van der Waals surface area contributed by atoms with Crippen molar-refractivity contribution in [2.75, 3.05) is 31.5 Å². The van der Waals surface area contributed by atoms with Crippen molar-refractivity contribution in [2.24, 2.45) is 0 Å². The van der Waals surface area contributed by atoms with Crippen molar-refractivity contribution in [1.29, 1.82) is 5.26 Å². The average molecular weight is 605 g/mol. The third kappa shape index (κ3) is 6.98. The normalized spacial score (nSPS) is 15.3. The predicted octanol–water partition coefficient (Wildman–Crippen LogP) is 5.03. The first-order chi connectivity index (χ1) is 20.2. The van der Waals surface area contributed by atoms with Crippen LogP contribution >= 0.6 is 11.6 Å². The van der Waals surface area contributed by atoms with Crippen molar-refractivity contribution in [3.8, 4) is 17.6 Å². The predicted molar refractivity (Wildman–Crippen MR) is 161 cm³/mol. The van der Waals surface area contributed by atoms with Gasteiger partial charge in [-0.05, 0) is 68.4 Å². The molecular weight excluding hydrogens is 576 g/mol. The Morgan fingerprint density at radius 3 is 2.71 bits per heavy atom. The summed E-state index contributed by atoms with van der Waals surface area (Å²) in [6.07, 6.45) is 0.653. The minimum absolute atomic E-state index is 0.108. The molecule has 1 aliphatic heterocycles. The van der Waals surface area contributed by atoms with Crippen LogP contribution in [0.25, 0.3) is 10.9 Å². The van der Waals surface area contributed by atoms with E-state index >= 15 is 0 Å². The number of aromatic nitrogens is 1. The van der Waals surface area contributed by atoms with E-state index in [0.29, 0.717) is 44.0 Å². The van der Waals surface area contributed by atoms with Crippen LogP contribution in [0.3, 0.4) is 0 Å². The second kappa shape index (κ2) is 12.8. The van der Waals surface area contributed by atoms with Gasteiger partial charge in [0.25, 0.3) is 0 Å². The number of likely N-dealkylation sites (tertiary alicyclic amines) is 1. The molecule has 42 heavy (non-hydrogen) atoms. The smallest absolute Gasteiger partial charge is 0.319 e. The molecule has 1 unspecified atom stereocenters. The Bertz CT molecular complexity index is 1760. The van der Waals surface area contributed by atoms with Gasteiger partial charge in [0.15, 0.2) is 0 Å². The average Bonchev–Trinajstić information content (AvgIpc) is 3.39. The van der Waals surface area contributed by atoms with Gasteiger partial charge in [-0.1, -0.05) is 35.9 Å². The molecule has 1 saturated heterocycles. The summed E-state index contributed by atoms with van der Waals surface area (Å²) < 4.78 is 34.5. The summed E-state index contributed by atoms with van der Waals surface area (Å²) in [6.45, 7) is 4.12. The number of urea groups is 1. The molecule has 4 aromatic rings. The summed E-state index contributed by atoms with van der Waals surface area (Å²) in [5.74, 6) is 0.668. The van der Waals surface area contributed by atoms with Crippen LogP contribution in [0.2, 0.25) is 5.02 Å². The molecule has 0 saturated carbocycles. The van der Waals surface area contributed by atoms with Gasteiger partial charge in [0.1, 0.15) is 23.1 Å². The van der Waals surface area contributed by atoms with Gasteiger partial charge in [-0.3, -0.25) is 9.88 Å². The molecule has 1 fully saturated rings. The molecule has 3 aromatic carbocycles. The second-order valence-corrected chi connectivity index (χ2v) is 12.0. The van der Waals surface area contributed by atoms with Crippen molar-refractivity contribution in [3.05, 3.63) is 89.1 Å². The number of para-hydroxylation sites is 1. The molecule has 1 atom stereocenters. The van der Waals surface area contributed by atoms with Crippen molar-refractivity contribution in [3.63, 3.8) is 0 Å². The lowest BCUT2D eigenvalue weighted by Crippen LogP contribution is -2.39. The van der Waals surface area contributed by atoms with Crippen molar-refractivity contribution >= 4 is 44.2 Å². The summed E-state index contributed by atoms with van der Waals surface area (Å²) in [5, 5.41) is 16.2. The topological polar surface area (TPSA) is 136 Å². The number of carbonyl (C=O) groups is 1. The lowest BCUT2D eigenvalue weighted by atomic mass is 10.1. The number of hydrogen-bond acceptors (Lipinski definition) is 7. The maximum atomic E-state index is 13.0. The van der Waals surface area contributed by atoms with Crippen LogP contribution in [0.5, 0.6) is 11.5 Å². The fraction of sp³-hybridized carbons (Fsp3) is 0.233. The van der Waals surface area contributed by atoms with Gasteiger partial charge in [0.05, 0.1) is 21.1 Å². The van der Waals surface area contributed by atoms with Gasteiger partial charge in [0, 0.05) is 36.8 Å². The maximum Gasteiger partial charge on any atom is 0.319 e. The highest BCUT2D eigenvalue weighted by atomic mass is 35.5. The lowest BCUT2D eigenvalue weighted by molar-refractivity contribution is 0.249. The largest absolute Gasteiger partial charge is 0.456 e. The van der Waals surface area contributed by atoms with E-state index in [9.17, 15) is 18.5 Å². The number of nitrogens with one attached hydrogen (secondary N) is 3. The van der Waals surface area contributed by atoms with E-state index in [0.717, 1.165) is 16.6 Å². The van der Waals surface area contributed by atoms with E-state index in [1.807, 2.05) is 43.3 Å². The van der Waals surface area contributed by atoms with Crippen LogP contribution in [0.15, 0.2) is 77.7 Å². The van der Waals surface area contributed by atoms with Crippen LogP contribution in [0, 0.1) is 18.3 Å². The van der Waals surface area contributed by atoms with Gasteiger partial charge < -0.3 is 15.4 Å². The Morgan fingerprint density at radius 2 is 1.93 bits per heavy atom. The van der Waals surface area contributed by atoms with Gasteiger partial charge >= 0.3 is 6.03 Å². The number of sulfonamides is 1. The standard InChI is InChI=1S/C30H29ClN6O4S/c1-20-17-28(24-5-2-3-7-27(24)34-20)35-30(38)33-14-16-37-15-13-21(19-37)36-42(39,40)23-11-9-22(10-12-23)41-29-8-4-6-26(31)25(29)18-32/h2-12,17,21,36H,13-16,19H2,1H3,(H2,33,34,35,38). The van der Waals surface area contributed by atoms with Crippen LogP contribution in [0.4, 0.5) is 10.5 Å². The number of ether oxygens (including phenoxy) is 1. The Labute approximate surface area is 249 Å². The molecule has 12 heteroatoms. The molecule has 216 valence electrons. The summed E-state index contributed by atoms with van der Waals surface area (Å²) >= 11 is 6.05. The number of halogens is 1. The zero-order chi connectivity index (χ0) is 29.7. The van der Waals surface area contributed by atoms with E-state index in [2.05, 4.69) is 25.2 Å². The number of aryl methyl sites for hydroxylation is 1. The van der Waals surface area contributed by atoms with E-state index in [1.165, 1.54) is 24.3 Å². The first-order valence-electron chi connectivity index (χ1n) is 13.3. The molecule has 3 N–H and O–H groups in total. The molecule has 1 aliphatic rings. The van der Waals surface area contributed by atoms with Crippen molar-refractivity contribution < 1.29 is 17.9 Å². The molecule has 0 bridgehead atoms. The molecule has 0 radical (unpaired) electrons. The number of hydrogen-bond donors (Lipinski definition) is 3. The zero-order valence-electron chi connectivity index (χ0n) is 22.8. The summed E-state index contributed by atoms with van der Waals surface area (Å²) in [5.41, 5.74) is 2.53. The number of rotatable bonds is 9. The first kappa shape index (κ1) is 29.3. The molecule has 2 amide bonds. The van der Waals surface area contributed by atoms with Gasteiger partial charge in [-0.15, -0.1) is 0 Å². The van der Waals surface area contributed by atoms with E-state index < -0.39 is 10.0 Å². The SMILES string of the molecule is Cc1cc(NC(=O)NCCN2CCC(NS(=O)(=O)c3ccc(Oc4cccc(Cl)c4C#N)cc3)C2)c2ccccc2n1. The monoisotopic (exact) mass is 604 g/mol. The maximum absolute atomic E-state index is 13.0. The number of pyridine rings is 1. The zero-order valence-corrected chi connectivity index (χ0v) is 24.4.